The lowest BCUT2D eigenvalue weighted by atomic mass is 9.75. The molecule has 0 saturated carbocycles. The van der Waals surface area contributed by atoms with Crippen LogP contribution in [0.3, 0.4) is 0 Å². The van der Waals surface area contributed by atoms with Crippen molar-refractivity contribution in [2.45, 2.75) is 38.1 Å². The minimum absolute atomic E-state index is 0.0992. The van der Waals surface area contributed by atoms with Gasteiger partial charge in [-0.1, -0.05) is 19.9 Å². The van der Waals surface area contributed by atoms with Gasteiger partial charge in [0.05, 0.1) is 0 Å². The summed E-state index contributed by atoms with van der Waals surface area (Å²) in [6, 6.07) is 6.19. The van der Waals surface area contributed by atoms with Crippen LogP contribution in [0.2, 0.25) is 0 Å². The normalized spacial score (nSPS) is 22.0. The number of carbonyl (C=O) groups is 1. The van der Waals surface area contributed by atoms with Crippen LogP contribution in [0.4, 0.5) is 11.4 Å². The summed E-state index contributed by atoms with van der Waals surface area (Å²) in [4.78, 5) is 10.6. The first kappa shape index (κ1) is 11.0. The van der Waals surface area contributed by atoms with E-state index in [1.807, 2.05) is 12.1 Å². The molecule has 0 saturated heterocycles. The number of anilines is 2. The molecule has 0 spiro atoms. The number of nitrogens with two attached hydrogens (primary N) is 1. The molecule has 1 aromatic rings. The number of hydrogen-bond acceptors (Lipinski definition) is 3. The van der Waals surface area contributed by atoms with Crippen molar-refractivity contribution >= 4 is 17.7 Å². The number of hydrogen-bond donors (Lipinski definition) is 2. The minimum Gasteiger partial charge on any atom is -0.399 e. The highest BCUT2D eigenvalue weighted by Gasteiger charge is 2.32. The molecule has 1 heterocycles. The van der Waals surface area contributed by atoms with Crippen molar-refractivity contribution in [1.82, 2.24) is 0 Å². The fourth-order valence-electron chi connectivity index (χ4n) is 2.53. The van der Waals surface area contributed by atoms with E-state index in [9.17, 15) is 4.79 Å². The molecule has 0 amide bonds. The molecule has 1 aromatic carbocycles. The van der Waals surface area contributed by atoms with E-state index in [1.54, 1.807) is 0 Å². The standard InChI is InChI=1S/C13H18N2O/c1-13(2)8-10(5-6-16)15-12-7-9(14)3-4-11(12)13/h3-4,6-7,10,15H,5,8,14H2,1-2H3. The first-order valence-electron chi connectivity index (χ1n) is 5.63. The van der Waals surface area contributed by atoms with Crippen molar-refractivity contribution in [2.75, 3.05) is 11.1 Å². The lowest BCUT2D eigenvalue weighted by Gasteiger charge is -2.38. The van der Waals surface area contributed by atoms with Gasteiger partial charge >= 0.3 is 0 Å². The van der Waals surface area contributed by atoms with E-state index in [2.05, 4.69) is 25.2 Å². The molecule has 3 nitrogen and oxygen atoms in total. The molecule has 1 atom stereocenters. The van der Waals surface area contributed by atoms with Gasteiger partial charge in [0.25, 0.3) is 0 Å². The Balaban J connectivity index is 2.39. The lowest BCUT2D eigenvalue weighted by molar-refractivity contribution is -0.108. The Hall–Kier alpha value is -1.51. The predicted molar refractivity (Wildman–Crippen MR) is 66.6 cm³/mol. The number of rotatable bonds is 2. The van der Waals surface area contributed by atoms with Gasteiger partial charge in [0.2, 0.25) is 0 Å². The van der Waals surface area contributed by atoms with Crippen LogP contribution >= 0.6 is 0 Å². The Morgan fingerprint density at radius 3 is 3.00 bits per heavy atom. The van der Waals surface area contributed by atoms with Gasteiger partial charge in [-0.25, -0.2) is 0 Å². The molecule has 2 rings (SSSR count). The minimum atomic E-state index is 0.0992. The Morgan fingerprint density at radius 1 is 1.56 bits per heavy atom. The van der Waals surface area contributed by atoms with Crippen molar-refractivity contribution in [3.63, 3.8) is 0 Å². The van der Waals surface area contributed by atoms with E-state index >= 15 is 0 Å². The summed E-state index contributed by atoms with van der Waals surface area (Å²) in [6.45, 7) is 4.42. The maximum atomic E-state index is 10.6. The Morgan fingerprint density at radius 2 is 2.31 bits per heavy atom. The van der Waals surface area contributed by atoms with E-state index in [1.165, 1.54) is 5.56 Å². The predicted octanol–water partition coefficient (Wildman–Crippen LogP) is 2.32. The highest BCUT2D eigenvalue weighted by molar-refractivity contribution is 5.65. The Kier molecular flexibility index (Phi) is 2.62. The zero-order chi connectivity index (χ0) is 11.8. The van der Waals surface area contributed by atoms with E-state index in [4.69, 9.17) is 5.73 Å². The summed E-state index contributed by atoms with van der Waals surface area (Å²) in [5, 5.41) is 3.38. The number of nitrogens with one attached hydrogen (secondary N) is 1. The van der Waals surface area contributed by atoms with Gasteiger partial charge in [0, 0.05) is 23.8 Å². The van der Waals surface area contributed by atoms with Crippen LogP contribution in [0.15, 0.2) is 18.2 Å². The maximum absolute atomic E-state index is 10.6. The fraction of sp³-hybridized carbons (Fsp3) is 0.462. The number of nitrogen functional groups attached to an aromatic ring is 1. The monoisotopic (exact) mass is 218 g/mol. The second-order valence-corrected chi connectivity index (χ2v) is 5.14. The average molecular weight is 218 g/mol. The smallest absolute Gasteiger partial charge is 0.122 e. The van der Waals surface area contributed by atoms with Crippen LogP contribution in [0.25, 0.3) is 0 Å². The number of benzene rings is 1. The molecule has 0 bridgehead atoms. The summed E-state index contributed by atoms with van der Waals surface area (Å²) in [5.41, 5.74) is 8.99. The topological polar surface area (TPSA) is 55.1 Å². The van der Waals surface area contributed by atoms with E-state index in [-0.39, 0.29) is 11.5 Å². The summed E-state index contributed by atoms with van der Waals surface area (Å²) in [7, 11) is 0. The Bertz CT molecular complexity index is 412. The summed E-state index contributed by atoms with van der Waals surface area (Å²) < 4.78 is 0. The highest BCUT2D eigenvalue weighted by Crippen LogP contribution is 2.40. The van der Waals surface area contributed by atoms with E-state index in [0.717, 1.165) is 24.1 Å². The third-order valence-electron chi connectivity index (χ3n) is 3.27. The molecular formula is C13H18N2O. The number of fused-ring (bicyclic) bond motifs is 1. The van der Waals surface area contributed by atoms with Crippen molar-refractivity contribution in [2.24, 2.45) is 0 Å². The third-order valence-corrected chi connectivity index (χ3v) is 3.27. The third kappa shape index (κ3) is 1.90. The quantitative estimate of drug-likeness (QED) is 0.591. The van der Waals surface area contributed by atoms with Crippen LogP contribution in [0, 0.1) is 0 Å². The molecule has 1 aliphatic rings. The molecule has 0 radical (unpaired) electrons. The first-order chi connectivity index (χ1) is 7.53. The maximum Gasteiger partial charge on any atom is 0.122 e. The molecule has 0 aromatic heterocycles. The molecule has 16 heavy (non-hydrogen) atoms. The van der Waals surface area contributed by atoms with Crippen LogP contribution < -0.4 is 11.1 Å². The second-order valence-electron chi connectivity index (χ2n) is 5.14. The number of carbonyl (C=O) groups excluding carboxylic acids is 1. The lowest BCUT2D eigenvalue weighted by Crippen LogP contribution is -2.36. The van der Waals surface area contributed by atoms with Crippen LogP contribution in [0.5, 0.6) is 0 Å². The van der Waals surface area contributed by atoms with Crippen LogP contribution in [-0.4, -0.2) is 12.3 Å². The van der Waals surface area contributed by atoms with Gasteiger partial charge in [-0.3, -0.25) is 0 Å². The van der Waals surface area contributed by atoms with Gasteiger partial charge in [0.1, 0.15) is 6.29 Å². The molecule has 0 aliphatic carbocycles. The van der Waals surface area contributed by atoms with Crippen molar-refractivity contribution in [1.29, 1.82) is 0 Å². The van der Waals surface area contributed by atoms with Crippen molar-refractivity contribution in [3.05, 3.63) is 23.8 Å². The van der Waals surface area contributed by atoms with Gasteiger partial charge in [0.15, 0.2) is 0 Å². The SMILES string of the molecule is CC1(C)CC(CC=O)Nc2cc(N)ccc21. The Labute approximate surface area is 96.0 Å². The highest BCUT2D eigenvalue weighted by atomic mass is 16.1. The van der Waals surface area contributed by atoms with E-state index < -0.39 is 0 Å². The van der Waals surface area contributed by atoms with Gasteiger partial charge in [-0.15, -0.1) is 0 Å². The second kappa shape index (κ2) is 3.81. The van der Waals surface area contributed by atoms with E-state index in [0.29, 0.717) is 6.42 Å². The zero-order valence-corrected chi connectivity index (χ0v) is 9.79. The number of aldehydes is 1. The molecule has 1 unspecified atom stereocenters. The molecule has 0 fully saturated rings. The fourth-order valence-corrected chi connectivity index (χ4v) is 2.53. The summed E-state index contributed by atoms with van der Waals surface area (Å²) in [5.74, 6) is 0. The van der Waals surface area contributed by atoms with Crippen LogP contribution in [-0.2, 0) is 10.2 Å². The molecular weight excluding hydrogens is 200 g/mol. The van der Waals surface area contributed by atoms with Gasteiger partial charge < -0.3 is 15.8 Å². The first-order valence-corrected chi connectivity index (χ1v) is 5.63. The molecule has 3 heteroatoms. The molecule has 3 N–H and O–H groups in total. The van der Waals surface area contributed by atoms with Gasteiger partial charge in [-0.05, 0) is 29.5 Å². The summed E-state index contributed by atoms with van der Waals surface area (Å²) >= 11 is 0. The molecule has 1 aliphatic heterocycles. The largest absolute Gasteiger partial charge is 0.399 e. The van der Waals surface area contributed by atoms with Crippen LogP contribution in [0.1, 0.15) is 32.3 Å². The van der Waals surface area contributed by atoms with Gasteiger partial charge in [-0.2, -0.15) is 0 Å². The zero-order valence-electron chi connectivity index (χ0n) is 9.79. The molecule has 86 valence electrons. The van der Waals surface area contributed by atoms with Crippen molar-refractivity contribution in [3.8, 4) is 0 Å². The average Bonchev–Trinajstić information content (AvgIpc) is 2.15. The van der Waals surface area contributed by atoms with Crippen molar-refractivity contribution < 1.29 is 4.79 Å². The summed E-state index contributed by atoms with van der Waals surface area (Å²) in [6.07, 6.45) is 2.51.